The van der Waals surface area contributed by atoms with Crippen LogP contribution in [0.3, 0.4) is 0 Å². The lowest BCUT2D eigenvalue weighted by molar-refractivity contribution is -0.132. The zero-order valence-corrected chi connectivity index (χ0v) is 8.44. The molecule has 16 heavy (non-hydrogen) atoms. The smallest absolute Gasteiger partial charge is 0.328 e. The predicted octanol–water partition coefficient (Wildman–Crippen LogP) is 1.85. The lowest BCUT2D eigenvalue weighted by Crippen LogP contribution is -2.03. The van der Waals surface area contributed by atoms with E-state index in [0.29, 0.717) is 5.56 Å². The van der Waals surface area contributed by atoms with Gasteiger partial charge in [-0.15, -0.1) is 0 Å². The van der Waals surface area contributed by atoms with E-state index in [4.69, 9.17) is 5.11 Å². The maximum absolute atomic E-state index is 13.1. The van der Waals surface area contributed by atoms with Crippen LogP contribution in [0.2, 0.25) is 0 Å². The standard InChI is InChI=1S/C11H9FO4/c1-7(13)16-10-6-8(2-4-9(10)12)3-5-11(14)15/h2-6H,1H3,(H,14,15)/b5-3+. The van der Waals surface area contributed by atoms with E-state index >= 15 is 0 Å². The van der Waals surface area contributed by atoms with Crippen molar-refractivity contribution in [1.29, 1.82) is 0 Å². The molecule has 4 nitrogen and oxygen atoms in total. The van der Waals surface area contributed by atoms with Crippen molar-refractivity contribution < 1.29 is 23.8 Å². The summed E-state index contributed by atoms with van der Waals surface area (Å²) >= 11 is 0. The minimum atomic E-state index is -1.11. The Morgan fingerprint density at radius 1 is 1.44 bits per heavy atom. The first-order chi connectivity index (χ1) is 7.49. The second kappa shape index (κ2) is 5.06. The summed E-state index contributed by atoms with van der Waals surface area (Å²) in [6.45, 7) is 1.15. The van der Waals surface area contributed by atoms with E-state index in [2.05, 4.69) is 4.74 Å². The van der Waals surface area contributed by atoms with Crippen LogP contribution in [-0.2, 0) is 9.59 Å². The lowest BCUT2D eigenvalue weighted by Gasteiger charge is -2.03. The van der Waals surface area contributed by atoms with Crippen molar-refractivity contribution in [3.8, 4) is 5.75 Å². The molecule has 5 heteroatoms. The van der Waals surface area contributed by atoms with Gasteiger partial charge in [0.1, 0.15) is 0 Å². The number of benzene rings is 1. The Morgan fingerprint density at radius 2 is 2.12 bits per heavy atom. The number of halogens is 1. The molecule has 0 bridgehead atoms. The van der Waals surface area contributed by atoms with E-state index in [0.717, 1.165) is 19.1 Å². The average Bonchev–Trinajstić information content (AvgIpc) is 2.18. The van der Waals surface area contributed by atoms with Crippen molar-refractivity contribution in [3.63, 3.8) is 0 Å². The molecular formula is C11H9FO4. The zero-order chi connectivity index (χ0) is 12.1. The van der Waals surface area contributed by atoms with E-state index in [1.54, 1.807) is 0 Å². The molecule has 0 aliphatic heterocycles. The monoisotopic (exact) mass is 224 g/mol. The second-order valence-corrected chi connectivity index (χ2v) is 2.96. The number of carboxylic acid groups (broad SMARTS) is 1. The Kier molecular flexibility index (Phi) is 3.77. The van der Waals surface area contributed by atoms with Crippen LogP contribution >= 0.6 is 0 Å². The van der Waals surface area contributed by atoms with Crippen molar-refractivity contribution in [1.82, 2.24) is 0 Å². The van der Waals surface area contributed by atoms with Gasteiger partial charge in [-0.1, -0.05) is 6.07 Å². The van der Waals surface area contributed by atoms with Gasteiger partial charge in [0.2, 0.25) is 0 Å². The van der Waals surface area contributed by atoms with E-state index in [1.165, 1.54) is 18.2 Å². The largest absolute Gasteiger partial charge is 0.478 e. The molecule has 1 rings (SSSR count). The minimum Gasteiger partial charge on any atom is -0.478 e. The molecule has 0 fully saturated rings. The molecule has 0 aromatic heterocycles. The van der Waals surface area contributed by atoms with Crippen LogP contribution in [0, 0.1) is 5.82 Å². The summed E-state index contributed by atoms with van der Waals surface area (Å²) in [7, 11) is 0. The van der Waals surface area contributed by atoms with Gasteiger partial charge in [-0.25, -0.2) is 9.18 Å². The first-order valence-electron chi connectivity index (χ1n) is 4.38. The van der Waals surface area contributed by atoms with Crippen LogP contribution in [0.25, 0.3) is 6.08 Å². The van der Waals surface area contributed by atoms with Gasteiger partial charge in [-0.2, -0.15) is 0 Å². The molecule has 0 saturated carbocycles. The van der Waals surface area contributed by atoms with Crippen molar-refractivity contribution in [2.45, 2.75) is 6.92 Å². The summed E-state index contributed by atoms with van der Waals surface area (Å²) in [5, 5.41) is 8.40. The van der Waals surface area contributed by atoms with Crippen LogP contribution in [-0.4, -0.2) is 17.0 Å². The Hall–Kier alpha value is -2.17. The molecule has 0 atom stereocenters. The van der Waals surface area contributed by atoms with Crippen LogP contribution in [0.5, 0.6) is 5.75 Å². The highest BCUT2D eigenvalue weighted by Crippen LogP contribution is 2.19. The van der Waals surface area contributed by atoms with E-state index in [9.17, 15) is 14.0 Å². The van der Waals surface area contributed by atoms with Gasteiger partial charge in [0.15, 0.2) is 11.6 Å². The Labute approximate surface area is 91.0 Å². The highest BCUT2D eigenvalue weighted by molar-refractivity contribution is 5.85. The summed E-state index contributed by atoms with van der Waals surface area (Å²) < 4.78 is 17.7. The Morgan fingerprint density at radius 3 is 2.69 bits per heavy atom. The fraction of sp³-hybridized carbons (Fsp3) is 0.0909. The quantitative estimate of drug-likeness (QED) is 0.483. The summed E-state index contributed by atoms with van der Waals surface area (Å²) in [5.74, 6) is -2.65. The van der Waals surface area contributed by atoms with Crippen LogP contribution in [0.1, 0.15) is 12.5 Å². The van der Waals surface area contributed by atoms with Crippen molar-refractivity contribution >= 4 is 18.0 Å². The van der Waals surface area contributed by atoms with E-state index in [-0.39, 0.29) is 5.75 Å². The molecule has 0 amide bonds. The Balaban J connectivity index is 2.97. The first kappa shape index (κ1) is 11.9. The van der Waals surface area contributed by atoms with Crippen molar-refractivity contribution in [2.75, 3.05) is 0 Å². The summed E-state index contributed by atoms with van der Waals surface area (Å²) in [6.07, 6.45) is 2.18. The summed E-state index contributed by atoms with van der Waals surface area (Å²) in [4.78, 5) is 20.9. The van der Waals surface area contributed by atoms with E-state index < -0.39 is 17.8 Å². The fourth-order valence-electron chi connectivity index (χ4n) is 1.02. The molecule has 1 N–H and O–H groups in total. The van der Waals surface area contributed by atoms with Gasteiger partial charge >= 0.3 is 11.9 Å². The summed E-state index contributed by atoms with van der Waals surface area (Å²) in [6, 6.07) is 3.72. The number of ether oxygens (including phenoxy) is 1. The normalized spacial score (nSPS) is 10.4. The van der Waals surface area contributed by atoms with Gasteiger partial charge in [0, 0.05) is 13.0 Å². The molecule has 0 aliphatic carbocycles. The van der Waals surface area contributed by atoms with Gasteiger partial charge in [-0.05, 0) is 23.8 Å². The average molecular weight is 224 g/mol. The topological polar surface area (TPSA) is 63.6 Å². The highest BCUT2D eigenvalue weighted by Gasteiger charge is 2.06. The Bertz CT molecular complexity index is 451. The molecule has 0 spiro atoms. The van der Waals surface area contributed by atoms with Gasteiger partial charge in [0.05, 0.1) is 0 Å². The predicted molar refractivity (Wildman–Crippen MR) is 54.4 cm³/mol. The number of esters is 1. The molecule has 0 aliphatic rings. The van der Waals surface area contributed by atoms with Crippen LogP contribution in [0.15, 0.2) is 24.3 Å². The molecule has 1 aromatic carbocycles. The summed E-state index contributed by atoms with van der Waals surface area (Å²) in [5.41, 5.74) is 0.431. The molecule has 0 unspecified atom stereocenters. The van der Waals surface area contributed by atoms with Gasteiger partial charge in [-0.3, -0.25) is 4.79 Å². The van der Waals surface area contributed by atoms with Gasteiger partial charge < -0.3 is 9.84 Å². The number of carbonyl (C=O) groups excluding carboxylic acids is 1. The number of rotatable bonds is 3. The van der Waals surface area contributed by atoms with E-state index in [1.807, 2.05) is 0 Å². The van der Waals surface area contributed by atoms with Crippen LogP contribution in [0.4, 0.5) is 4.39 Å². The first-order valence-corrected chi connectivity index (χ1v) is 4.38. The third kappa shape index (κ3) is 3.53. The molecule has 1 aromatic rings. The van der Waals surface area contributed by atoms with Crippen molar-refractivity contribution in [2.24, 2.45) is 0 Å². The van der Waals surface area contributed by atoms with Gasteiger partial charge in [0.25, 0.3) is 0 Å². The highest BCUT2D eigenvalue weighted by atomic mass is 19.1. The minimum absolute atomic E-state index is 0.222. The zero-order valence-electron chi connectivity index (χ0n) is 8.44. The lowest BCUT2D eigenvalue weighted by atomic mass is 10.2. The molecule has 84 valence electrons. The SMILES string of the molecule is CC(=O)Oc1cc(/C=C/C(=O)O)ccc1F. The number of aliphatic carboxylic acids is 1. The third-order valence-corrected chi connectivity index (χ3v) is 1.63. The molecule has 0 heterocycles. The maximum Gasteiger partial charge on any atom is 0.328 e. The number of carboxylic acids is 1. The number of carbonyl (C=O) groups is 2. The number of hydrogen-bond acceptors (Lipinski definition) is 3. The third-order valence-electron chi connectivity index (χ3n) is 1.63. The molecule has 0 radical (unpaired) electrons. The fourth-order valence-corrected chi connectivity index (χ4v) is 1.02. The number of hydrogen-bond donors (Lipinski definition) is 1. The van der Waals surface area contributed by atoms with Crippen LogP contribution < -0.4 is 4.74 Å². The maximum atomic E-state index is 13.1. The molecular weight excluding hydrogens is 215 g/mol. The van der Waals surface area contributed by atoms with Crippen molar-refractivity contribution in [3.05, 3.63) is 35.7 Å². The molecule has 0 saturated heterocycles. The second-order valence-electron chi connectivity index (χ2n) is 2.96.